The van der Waals surface area contributed by atoms with Crippen LogP contribution in [0.1, 0.15) is 55.1 Å². The molecule has 2 N–H and O–H groups in total. The van der Waals surface area contributed by atoms with Crippen LogP contribution in [0, 0.1) is 25.1 Å². The summed E-state index contributed by atoms with van der Waals surface area (Å²) in [6.45, 7) is 7.37. The Morgan fingerprint density at radius 2 is 2.00 bits per heavy atom. The van der Waals surface area contributed by atoms with Crippen molar-refractivity contribution < 1.29 is 14.0 Å². The predicted molar refractivity (Wildman–Crippen MR) is 113 cm³/mol. The van der Waals surface area contributed by atoms with Crippen LogP contribution in [-0.2, 0) is 22.6 Å². The van der Waals surface area contributed by atoms with Crippen LogP contribution in [0.5, 0.6) is 0 Å². The molecule has 30 heavy (non-hydrogen) atoms. The molecule has 0 bridgehead atoms. The number of hydrogen-bond donors (Lipinski definition) is 2. The Bertz CT molecular complexity index is 874. The molecule has 0 radical (unpaired) electrons. The average molecular weight is 415 g/mol. The average Bonchev–Trinajstić information content (AvgIpc) is 3.05. The number of aryl methyl sites for hydroxylation is 3. The van der Waals surface area contributed by atoms with Crippen molar-refractivity contribution in [2.24, 2.45) is 5.41 Å². The lowest BCUT2D eigenvalue weighted by Crippen LogP contribution is -2.51. The fourth-order valence-corrected chi connectivity index (χ4v) is 4.11. The SMILES string of the molecule is Cc1n[nH]c(C)c1CNC(=O)C1(C)CCCN(C(=O)CCCc2ccc(F)cc2)C1. The number of aromatic amines is 1. The fourth-order valence-electron chi connectivity index (χ4n) is 4.11. The highest BCUT2D eigenvalue weighted by Gasteiger charge is 2.39. The van der Waals surface area contributed by atoms with E-state index in [1.807, 2.05) is 25.7 Å². The highest BCUT2D eigenvalue weighted by Crippen LogP contribution is 2.30. The number of rotatable bonds is 7. The molecule has 3 rings (SSSR count). The molecule has 7 heteroatoms. The van der Waals surface area contributed by atoms with E-state index < -0.39 is 5.41 Å². The zero-order valence-electron chi connectivity index (χ0n) is 18.1. The second-order valence-corrected chi connectivity index (χ2v) is 8.55. The lowest BCUT2D eigenvalue weighted by molar-refractivity contribution is -0.140. The van der Waals surface area contributed by atoms with Gasteiger partial charge in [-0.3, -0.25) is 14.7 Å². The maximum absolute atomic E-state index is 13.0. The standard InChI is InChI=1S/C23H31FN4O2/c1-16-20(17(2)27-26-16)14-25-22(30)23(3)12-5-13-28(15-23)21(29)7-4-6-18-8-10-19(24)11-9-18/h8-11H,4-7,12-15H2,1-3H3,(H,25,30)(H,26,27). The summed E-state index contributed by atoms with van der Waals surface area (Å²) in [6, 6.07) is 6.40. The number of nitrogens with one attached hydrogen (secondary N) is 2. The largest absolute Gasteiger partial charge is 0.351 e. The zero-order chi connectivity index (χ0) is 21.7. The van der Waals surface area contributed by atoms with Crippen molar-refractivity contribution in [1.29, 1.82) is 0 Å². The Morgan fingerprint density at radius 1 is 1.27 bits per heavy atom. The normalized spacial score (nSPS) is 19.0. The third-order valence-electron chi connectivity index (χ3n) is 6.07. The minimum atomic E-state index is -0.587. The molecule has 1 aliphatic rings. The van der Waals surface area contributed by atoms with Gasteiger partial charge in [-0.2, -0.15) is 5.10 Å². The van der Waals surface area contributed by atoms with Crippen LogP contribution in [-0.4, -0.2) is 40.0 Å². The third kappa shape index (κ3) is 5.26. The van der Waals surface area contributed by atoms with Gasteiger partial charge >= 0.3 is 0 Å². The molecule has 1 aromatic heterocycles. The van der Waals surface area contributed by atoms with Crippen LogP contribution in [0.15, 0.2) is 24.3 Å². The quantitative estimate of drug-likeness (QED) is 0.729. The number of H-pyrrole nitrogens is 1. The van der Waals surface area contributed by atoms with Gasteiger partial charge in [0.15, 0.2) is 0 Å². The molecule has 2 aromatic rings. The molecule has 1 aliphatic heterocycles. The Hall–Kier alpha value is -2.70. The summed E-state index contributed by atoms with van der Waals surface area (Å²) in [6.07, 6.45) is 3.46. The van der Waals surface area contributed by atoms with Crippen LogP contribution in [0.3, 0.4) is 0 Å². The molecule has 0 saturated carbocycles. The Balaban J connectivity index is 1.50. The molecule has 0 aliphatic carbocycles. The van der Waals surface area contributed by atoms with Crippen molar-refractivity contribution in [3.8, 4) is 0 Å². The van der Waals surface area contributed by atoms with Crippen molar-refractivity contribution in [2.45, 2.75) is 59.4 Å². The van der Waals surface area contributed by atoms with Gasteiger partial charge in [0.2, 0.25) is 11.8 Å². The van der Waals surface area contributed by atoms with E-state index >= 15 is 0 Å². The van der Waals surface area contributed by atoms with Crippen LogP contribution >= 0.6 is 0 Å². The first-order valence-corrected chi connectivity index (χ1v) is 10.6. The maximum atomic E-state index is 13.0. The van der Waals surface area contributed by atoms with Crippen LogP contribution in [0.2, 0.25) is 0 Å². The number of carbonyl (C=O) groups excluding carboxylic acids is 2. The van der Waals surface area contributed by atoms with Crippen molar-refractivity contribution in [1.82, 2.24) is 20.4 Å². The van der Waals surface area contributed by atoms with Gasteiger partial charge in [0.05, 0.1) is 11.1 Å². The molecular weight excluding hydrogens is 383 g/mol. The summed E-state index contributed by atoms with van der Waals surface area (Å²) in [7, 11) is 0. The molecule has 2 heterocycles. The molecular formula is C23H31FN4O2. The second-order valence-electron chi connectivity index (χ2n) is 8.55. The first kappa shape index (κ1) is 22.0. The molecule has 0 spiro atoms. The van der Waals surface area contributed by atoms with E-state index in [-0.39, 0.29) is 17.6 Å². The van der Waals surface area contributed by atoms with Crippen molar-refractivity contribution in [3.63, 3.8) is 0 Å². The summed E-state index contributed by atoms with van der Waals surface area (Å²) in [5, 5.41) is 10.1. The highest BCUT2D eigenvalue weighted by molar-refractivity contribution is 5.84. The summed E-state index contributed by atoms with van der Waals surface area (Å²) in [4.78, 5) is 27.5. The van der Waals surface area contributed by atoms with Gasteiger partial charge in [0.25, 0.3) is 0 Å². The summed E-state index contributed by atoms with van der Waals surface area (Å²) in [5.74, 6) is -0.192. The lowest BCUT2D eigenvalue weighted by Gasteiger charge is -2.39. The molecule has 1 saturated heterocycles. The zero-order valence-corrected chi connectivity index (χ0v) is 18.1. The molecule has 1 unspecified atom stereocenters. The van der Waals surface area contributed by atoms with E-state index in [0.29, 0.717) is 32.5 Å². The summed E-state index contributed by atoms with van der Waals surface area (Å²) < 4.78 is 13.0. The Morgan fingerprint density at radius 3 is 2.67 bits per heavy atom. The predicted octanol–water partition coefficient (Wildman–Crippen LogP) is 3.43. The van der Waals surface area contributed by atoms with Crippen LogP contribution in [0.25, 0.3) is 0 Å². The van der Waals surface area contributed by atoms with Gasteiger partial charge in [-0.15, -0.1) is 0 Å². The number of nitrogens with zero attached hydrogens (tertiary/aromatic N) is 2. The van der Waals surface area contributed by atoms with E-state index in [1.165, 1.54) is 12.1 Å². The molecule has 162 valence electrons. The maximum Gasteiger partial charge on any atom is 0.227 e. The van der Waals surface area contributed by atoms with E-state index in [4.69, 9.17) is 0 Å². The van der Waals surface area contributed by atoms with Crippen molar-refractivity contribution in [3.05, 3.63) is 52.6 Å². The van der Waals surface area contributed by atoms with E-state index in [9.17, 15) is 14.0 Å². The first-order chi connectivity index (χ1) is 14.3. The molecule has 6 nitrogen and oxygen atoms in total. The molecule has 1 fully saturated rings. The lowest BCUT2D eigenvalue weighted by atomic mass is 9.80. The molecule has 1 atom stereocenters. The topological polar surface area (TPSA) is 78.1 Å². The van der Waals surface area contributed by atoms with Gasteiger partial charge in [-0.05, 0) is 64.2 Å². The van der Waals surface area contributed by atoms with Gasteiger partial charge in [0, 0.05) is 37.3 Å². The Labute approximate surface area is 177 Å². The summed E-state index contributed by atoms with van der Waals surface area (Å²) in [5.41, 5.74) is 3.30. The number of halogens is 1. The number of hydrogen-bond acceptors (Lipinski definition) is 3. The fraction of sp³-hybridized carbons (Fsp3) is 0.522. The summed E-state index contributed by atoms with van der Waals surface area (Å²) >= 11 is 0. The van der Waals surface area contributed by atoms with Gasteiger partial charge < -0.3 is 10.2 Å². The Kier molecular flexibility index (Phi) is 6.90. The number of likely N-dealkylation sites (tertiary alicyclic amines) is 1. The third-order valence-corrected chi connectivity index (χ3v) is 6.07. The highest BCUT2D eigenvalue weighted by atomic mass is 19.1. The number of carbonyl (C=O) groups is 2. The first-order valence-electron chi connectivity index (χ1n) is 10.6. The number of aromatic nitrogens is 2. The molecule has 2 amide bonds. The van der Waals surface area contributed by atoms with Crippen LogP contribution in [0.4, 0.5) is 4.39 Å². The minimum absolute atomic E-state index is 0.0219. The van der Waals surface area contributed by atoms with Gasteiger partial charge in [0.1, 0.15) is 5.82 Å². The van der Waals surface area contributed by atoms with E-state index in [2.05, 4.69) is 15.5 Å². The van der Waals surface area contributed by atoms with Gasteiger partial charge in [-0.1, -0.05) is 12.1 Å². The van der Waals surface area contributed by atoms with Crippen molar-refractivity contribution in [2.75, 3.05) is 13.1 Å². The van der Waals surface area contributed by atoms with E-state index in [0.717, 1.165) is 41.8 Å². The smallest absolute Gasteiger partial charge is 0.227 e. The molecule has 1 aromatic carbocycles. The monoisotopic (exact) mass is 414 g/mol. The van der Waals surface area contributed by atoms with E-state index in [1.54, 1.807) is 12.1 Å². The number of piperidine rings is 1. The van der Waals surface area contributed by atoms with Crippen molar-refractivity contribution >= 4 is 11.8 Å². The number of amides is 2. The van der Waals surface area contributed by atoms with Crippen LogP contribution < -0.4 is 5.32 Å². The second kappa shape index (κ2) is 9.41. The number of benzene rings is 1. The van der Waals surface area contributed by atoms with Gasteiger partial charge in [-0.25, -0.2) is 4.39 Å². The minimum Gasteiger partial charge on any atom is -0.351 e.